The number of benzene rings is 1. The maximum atomic E-state index is 9.11. The monoisotopic (exact) mass is 221 g/mol. The lowest BCUT2D eigenvalue weighted by Gasteiger charge is -2.16. The molecule has 3 nitrogen and oxygen atoms in total. The van der Waals surface area contributed by atoms with E-state index in [9.17, 15) is 0 Å². The zero-order chi connectivity index (χ0) is 11.5. The average molecular weight is 221 g/mol. The fourth-order valence-electron chi connectivity index (χ4n) is 1.68. The first-order chi connectivity index (χ1) is 7.70. The smallest absolute Gasteiger partial charge is 0.124 e. The molecule has 1 aliphatic rings. The number of aliphatic hydroxyl groups excluding tert-OH is 1. The Hall–Kier alpha value is -1.06. The number of rotatable bonds is 5. The maximum absolute atomic E-state index is 9.11. The lowest BCUT2D eigenvalue weighted by atomic mass is 10.0. The third-order valence-corrected chi connectivity index (χ3v) is 2.93. The molecule has 16 heavy (non-hydrogen) atoms. The molecule has 1 aromatic rings. The van der Waals surface area contributed by atoms with Gasteiger partial charge in [-0.2, -0.15) is 0 Å². The maximum Gasteiger partial charge on any atom is 0.124 e. The van der Waals surface area contributed by atoms with Gasteiger partial charge in [0.15, 0.2) is 0 Å². The Morgan fingerprint density at radius 2 is 2.25 bits per heavy atom. The van der Waals surface area contributed by atoms with Gasteiger partial charge in [0, 0.05) is 5.56 Å². The first-order valence-electron chi connectivity index (χ1n) is 5.80. The van der Waals surface area contributed by atoms with Crippen LogP contribution in [-0.4, -0.2) is 18.3 Å². The molecular weight excluding hydrogens is 202 g/mol. The number of aryl methyl sites for hydroxylation is 1. The van der Waals surface area contributed by atoms with Gasteiger partial charge in [-0.05, 0) is 31.7 Å². The van der Waals surface area contributed by atoms with Gasteiger partial charge in [-0.1, -0.05) is 17.7 Å². The average Bonchev–Trinajstić information content (AvgIpc) is 3.10. The number of hydrogen-bond acceptors (Lipinski definition) is 3. The normalized spacial score (nSPS) is 17.2. The minimum atomic E-state index is -0.353. The molecule has 1 atom stereocenters. The van der Waals surface area contributed by atoms with E-state index in [4.69, 9.17) is 15.6 Å². The van der Waals surface area contributed by atoms with Crippen molar-refractivity contribution in [1.29, 1.82) is 0 Å². The summed E-state index contributed by atoms with van der Waals surface area (Å²) >= 11 is 0. The molecule has 0 heterocycles. The van der Waals surface area contributed by atoms with Crippen molar-refractivity contribution in [2.24, 2.45) is 11.7 Å². The van der Waals surface area contributed by atoms with Crippen molar-refractivity contribution in [3.63, 3.8) is 0 Å². The summed E-state index contributed by atoms with van der Waals surface area (Å²) in [5, 5.41) is 9.11. The van der Waals surface area contributed by atoms with Gasteiger partial charge in [-0.15, -0.1) is 0 Å². The SMILES string of the molecule is Cc1ccc(OCC2CC2)c(C(N)CO)c1. The molecule has 0 saturated heterocycles. The number of ether oxygens (including phenoxy) is 1. The van der Waals surface area contributed by atoms with Crippen LogP contribution < -0.4 is 10.5 Å². The highest BCUT2D eigenvalue weighted by Gasteiger charge is 2.22. The van der Waals surface area contributed by atoms with Crippen LogP contribution in [0.2, 0.25) is 0 Å². The van der Waals surface area contributed by atoms with Crippen LogP contribution in [0.4, 0.5) is 0 Å². The van der Waals surface area contributed by atoms with E-state index in [2.05, 4.69) is 0 Å². The van der Waals surface area contributed by atoms with Crippen LogP contribution in [0.5, 0.6) is 5.75 Å². The van der Waals surface area contributed by atoms with Gasteiger partial charge >= 0.3 is 0 Å². The van der Waals surface area contributed by atoms with E-state index in [0.29, 0.717) is 0 Å². The summed E-state index contributed by atoms with van der Waals surface area (Å²) in [6, 6.07) is 5.59. The summed E-state index contributed by atoms with van der Waals surface area (Å²) in [6.07, 6.45) is 2.54. The number of nitrogens with two attached hydrogens (primary N) is 1. The molecule has 0 spiro atoms. The molecular formula is C13H19NO2. The summed E-state index contributed by atoms with van der Waals surface area (Å²) < 4.78 is 5.75. The Morgan fingerprint density at radius 1 is 1.50 bits per heavy atom. The summed E-state index contributed by atoms with van der Waals surface area (Å²) in [5.74, 6) is 1.54. The van der Waals surface area contributed by atoms with Gasteiger partial charge in [-0.25, -0.2) is 0 Å². The van der Waals surface area contributed by atoms with Crippen LogP contribution in [0, 0.1) is 12.8 Å². The second kappa shape index (κ2) is 4.85. The van der Waals surface area contributed by atoms with Crippen LogP contribution in [0.3, 0.4) is 0 Å². The van der Waals surface area contributed by atoms with Gasteiger partial charge in [0.1, 0.15) is 5.75 Å². The van der Waals surface area contributed by atoms with Crippen molar-refractivity contribution in [2.75, 3.05) is 13.2 Å². The quantitative estimate of drug-likeness (QED) is 0.796. The second-order valence-electron chi connectivity index (χ2n) is 4.58. The number of hydrogen-bond donors (Lipinski definition) is 2. The van der Waals surface area contributed by atoms with Crippen LogP contribution in [0.1, 0.15) is 30.0 Å². The molecule has 3 heteroatoms. The van der Waals surface area contributed by atoms with E-state index in [1.54, 1.807) is 0 Å². The Morgan fingerprint density at radius 3 is 2.88 bits per heavy atom. The highest BCUT2D eigenvalue weighted by atomic mass is 16.5. The number of aliphatic hydroxyl groups is 1. The zero-order valence-corrected chi connectivity index (χ0v) is 9.65. The molecule has 0 radical (unpaired) electrons. The molecule has 1 aliphatic carbocycles. The van der Waals surface area contributed by atoms with Crippen molar-refractivity contribution in [3.8, 4) is 5.75 Å². The summed E-state index contributed by atoms with van der Waals surface area (Å²) in [4.78, 5) is 0. The Kier molecular flexibility index (Phi) is 3.46. The van der Waals surface area contributed by atoms with Gasteiger partial charge in [0.25, 0.3) is 0 Å². The molecule has 1 unspecified atom stereocenters. The Bertz CT molecular complexity index is 361. The topological polar surface area (TPSA) is 55.5 Å². The minimum absolute atomic E-state index is 0.0523. The lowest BCUT2D eigenvalue weighted by Crippen LogP contribution is -2.16. The zero-order valence-electron chi connectivity index (χ0n) is 9.65. The molecule has 0 aliphatic heterocycles. The first kappa shape index (κ1) is 11.4. The summed E-state index contributed by atoms with van der Waals surface area (Å²) in [5.41, 5.74) is 7.90. The molecule has 3 N–H and O–H groups in total. The molecule has 2 rings (SSSR count). The molecule has 0 amide bonds. The second-order valence-corrected chi connectivity index (χ2v) is 4.58. The van der Waals surface area contributed by atoms with Crippen molar-refractivity contribution < 1.29 is 9.84 Å². The van der Waals surface area contributed by atoms with Crippen LogP contribution in [0.15, 0.2) is 18.2 Å². The van der Waals surface area contributed by atoms with E-state index in [-0.39, 0.29) is 12.6 Å². The Labute approximate surface area is 96.2 Å². The lowest BCUT2D eigenvalue weighted by molar-refractivity contribution is 0.257. The Balaban J connectivity index is 2.13. The van der Waals surface area contributed by atoms with Gasteiger partial charge in [-0.3, -0.25) is 0 Å². The highest BCUT2D eigenvalue weighted by Crippen LogP contribution is 2.31. The standard InChI is InChI=1S/C13H19NO2/c1-9-2-5-13(16-8-10-3-4-10)11(6-9)12(14)7-15/h2,5-6,10,12,15H,3-4,7-8,14H2,1H3. The van der Waals surface area contributed by atoms with E-state index in [1.165, 1.54) is 12.8 Å². The van der Waals surface area contributed by atoms with Crippen LogP contribution in [-0.2, 0) is 0 Å². The van der Waals surface area contributed by atoms with Gasteiger partial charge in [0.05, 0.1) is 19.3 Å². The van der Waals surface area contributed by atoms with Crippen molar-refractivity contribution in [1.82, 2.24) is 0 Å². The molecule has 88 valence electrons. The summed E-state index contributed by atoms with van der Waals surface area (Å²) in [6.45, 7) is 2.73. The third-order valence-electron chi connectivity index (χ3n) is 2.93. The predicted molar refractivity (Wildman–Crippen MR) is 63.4 cm³/mol. The van der Waals surface area contributed by atoms with E-state index >= 15 is 0 Å². The summed E-state index contributed by atoms with van der Waals surface area (Å²) in [7, 11) is 0. The minimum Gasteiger partial charge on any atom is -0.493 e. The molecule has 0 bridgehead atoms. The molecule has 0 aromatic heterocycles. The highest BCUT2D eigenvalue weighted by molar-refractivity contribution is 5.39. The molecule has 1 fully saturated rings. The van der Waals surface area contributed by atoms with Crippen molar-refractivity contribution >= 4 is 0 Å². The third kappa shape index (κ3) is 2.74. The first-order valence-corrected chi connectivity index (χ1v) is 5.80. The fraction of sp³-hybridized carbons (Fsp3) is 0.538. The van der Waals surface area contributed by atoms with Crippen molar-refractivity contribution in [2.45, 2.75) is 25.8 Å². The largest absolute Gasteiger partial charge is 0.493 e. The van der Waals surface area contributed by atoms with Crippen LogP contribution in [0.25, 0.3) is 0 Å². The van der Waals surface area contributed by atoms with E-state index in [1.807, 2.05) is 25.1 Å². The van der Waals surface area contributed by atoms with E-state index < -0.39 is 0 Å². The predicted octanol–water partition coefficient (Wildman–Crippen LogP) is 1.78. The van der Waals surface area contributed by atoms with Crippen molar-refractivity contribution in [3.05, 3.63) is 29.3 Å². The van der Waals surface area contributed by atoms with Gasteiger partial charge < -0.3 is 15.6 Å². The van der Waals surface area contributed by atoms with E-state index in [0.717, 1.165) is 29.4 Å². The molecule has 1 aromatic carbocycles. The fourth-order valence-corrected chi connectivity index (χ4v) is 1.68. The van der Waals surface area contributed by atoms with Crippen LogP contribution >= 0.6 is 0 Å². The molecule has 1 saturated carbocycles. The van der Waals surface area contributed by atoms with Gasteiger partial charge in [0.2, 0.25) is 0 Å².